The van der Waals surface area contributed by atoms with Crippen molar-refractivity contribution in [2.24, 2.45) is 0 Å². The summed E-state index contributed by atoms with van der Waals surface area (Å²) in [5, 5.41) is 3.10. The molecule has 0 aromatic heterocycles. The second-order valence-electron chi connectivity index (χ2n) is 2.80. The van der Waals surface area contributed by atoms with Crippen LogP contribution in [-0.2, 0) is 0 Å². The van der Waals surface area contributed by atoms with Gasteiger partial charge in [0.2, 0.25) is 0 Å². The van der Waals surface area contributed by atoms with Gasteiger partial charge < -0.3 is 0 Å². The van der Waals surface area contributed by atoms with Crippen LogP contribution in [0.3, 0.4) is 0 Å². The Morgan fingerprint density at radius 1 is 0.625 bits per heavy atom. The van der Waals surface area contributed by atoms with Gasteiger partial charge in [-0.3, -0.25) is 0 Å². The molecule has 86 valence electrons. The molecule has 8 heteroatoms. The van der Waals surface area contributed by atoms with Crippen molar-refractivity contribution in [2.45, 2.75) is 10.6 Å². The third kappa shape index (κ3) is 3.13. The van der Waals surface area contributed by atoms with E-state index in [0.717, 1.165) is 59.8 Å². The number of rotatable bonds is 0. The topological polar surface area (TPSA) is 0 Å². The van der Waals surface area contributed by atoms with Gasteiger partial charge in [-0.1, -0.05) is 0 Å². The van der Waals surface area contributed by atoms with Crippen LogP contribution in [0, 0.1) is 0 Å². The fraction of sp³-hybridized carbons (Fsp3) is 0.250. The summed E-state index contributed by atoms with van der Waals surface area (Å²) in [7, 11) is 0. The normalized spacial score (nSPS) is 25.9. The average Bonchev–Trinajstić information content (AvgIpc) is 2.83. The molecule has 0 spiro atoms. The van der Waals surface area contributed by atoms with Crippen LogP contribution in [0.15, 0.2) is 20.2 Å². The first-order chi connectivity index (χ1) is 7.74. The summed E-state index contributed by atoms with van der Waals surface area (Å²) in [6.07, 6.45) is 0. The fourth-order valence-electron chi connectivity index (χ4n) is 1.15. The molecular formula is C8H4Br2Se6. The van der Waals surface area contributed by atoms with E-state index < -0.39 is 0 Å². The van der Waals surface area contributed by atoms with E-state index in [1.807, 2.05) is 13.5 Å². The second-order valence-corrected chi connectivity index (χ2v) is 25.2. The Morgan fingerprint density at radius 3 is 1.56 bits per heavy atom. The van der Waals surface area contributed by atoms with Crippen LogP contribution < -0.4 is 0 Å². The van der Waals surface area contributed by atoms with Gasteiger partial charge in [0, 0.05) is 0 Å². The van der Waals surface area contributed by atoms with Gasteiger partial charge in [0.25, 0.3) is 0 Å². The van der Waals surface area contributed by atoms with Gasteiger partial charge in [-0.2, -0.15) is 0 Å². The van der Waals surface area contributed by atoms with Crippen molar-refractivity contribution in [1.29, 1.82) is 0 Å². The molecule has 0 nitrogen and oxygen atoms in total. The zero-order chi connectivity index (χ0) is 11.1. The van der Waals surface area contributed by atoms with Crippen LogP contribution in [0.25, 0.3) is 0 Å². The third-order valence-electron chi connectivity index (χ3n) is 1.77. The molecule has 0 N–H and O–H groups in total. The van der Waals surface area contributed by atoms with Gasteiger partial charge in [0.05, 0.1) is 0 Å². The van der Waals surface area contributed by atoms with Gasteiger partial charge in [-0.15, -0.1) is 0 Å². The van der Waals surface area contributed by atoms with Gasteiger partial charge >= 0.3 is 152 Å². The summed E-state index contributed by atoms with van der Waals surface area (Å²) in [6.45, 7) is 0. The molecule has 0 saturated carbocycles. The maximum atomic E-state index is 3.72. The minimum absolute atomic E-state index is 0.645. The summed E-state index contributed by atoms with van der Waals surface area (Å²) in [6, 6.07) is 0. The molecule has 0 radical (unpaired) electrons. The predicted molar refractivity (Wildman–Crippen MR) is 83.1 cm³/mol. The van der Waals surface area contributed by atoms with Gasteiger partial charge in [-0.05, 0) is 0 Å². The zero-order valence-electron chi connectivity index (χ0n) is 7.62. The van der Waals surface area contributed by atoms with Crippen LogP contribution in [0.4, 0.5) is 0 Å². The van der Waals surface area contributed by atoms with E-state index in [0.29, 0.717) is 29.9 Å². The SMILES string of the molecule is BrC1=C(Br)[Se]C(=C2[Se]C3=C([Se]CC[Se]3)[Se]2)[Se]1. The average molecular weight is 734 g/mol. The summed E-state index contributed by atoms with van der Waals surface area (Å²) in [5.41, 5.74) is 0. The van der Waals surface area contributed by atoms with E-state index >= 15 is 0 Å². The Balaban J connectivity index is 1.79. The molecule has 0 unspecified atom stereocenters. The molecule has 0 amide bonds. The zero-order valence-corrected chi connectivity index (χ0v) is 21.1. The molecule has 0 atom stereocenters. The van der Waals surface area contributed by atoms with Crippen LogP contribution >= 0.6 is 31.9 Å². The van der Waals surface area contributed by atoms with E-state index in [9.17, 15) is 0 Å². The molecule has 3 rings (SSSR count). The Bertz CT molecular complexity index is 402. The van der Waals surface area contributed by atoms with Crippen molar-refractivity contribution < 1.29 is 0 Å². The molecule has 3 heterocycles. The van der Waals surface area contributed by atoms with Gasteiger partial charge in [0.15, 0.2) is 0 Å². The van der Waals surface area contributed by atoms with Crippen molar-refractivity contribution in [3.05, 3.63) is 20.2 Å². The standard InChI is InChI=1S/C8H4Br2Se6/c9-3-4(10)14-7(13-3)8-15-5-6(16-8)12-2-1-11-5/h1-2H2. The number of hydrogen-bond acceptors (Lipinski definition) is 0. The van der Waals surface area contributed by atoms with E-state index in [1.165, 1.54) is 6.76 Å². The second kappa shape index (κ2) is 6.38. The first-order valence-corrected chi connectivity index (χ1v) is 16.8. The summed E-state index contributed by atoms with van der Waals surface area (Å²) in [5.74, 6) is 0. The molecule has 0 aromatic carbocycles. The maximum absolute atomic E-state index is 3.72. The molecule has 0 aromatic rings. The summed E-state index contributed by atoms with van der Waals surface area (Å²) in [4.78, 5) is 0. The van der Waals surface area contributed by atoms with E-state index in [-0.39, 0.29) is 0 Å². The quantitative estimate of drug-likeness (QED) is 0.330. The van der Waals surface area contributed by atoms with Gasteiger partial charge in [0.1, 0.15) is 0 Å². The van der Waals surface area contributed by atoms with Crippen LogP contribution in [-0.4, -0.2) is 89.7 Å². The van der Waals surface area contributed by atoms with Crippen molar-refractivity contribution in [3.63, 3.8) is 0 Å². The van der Waals surface area contributed by atoms with Gasteiger partial charge in [-0.25, -0.2) is 0 Å². The molecule has 16 heavy (non-hydrogen) atoms. The van der Waals surface area contributed by atoms with Crippen LogP contribution in [0.2, 0.25) is 10.6 Å². The van der Waals surface area contributed by atoms with Crippen LogP contribution in [0.5, 0.6) is 0 Å². The molecular weight excluding hydrogens is 730 g/mol. The van der Waals surface area contributed by atoms with Crippen molar-refractivity contribution in [1.82, 2.24) is 0 Å². The minimum atomic E-state index is 0.645. The van der Waals surface area contributed by atoms with Crippen molar-refractivity contribution in [2.75, 3.05) is 0 Å². The number of halogens is 2. The predicted octanol–water partition coefficient (Wildman–Crippen LogP) is 1.26. The molecule has 3 aliphatic heterocycles. The Hall–Kier alpha value is 3.30. The fourth-order valence-corrected chi connectivity index (χ4v) is 34.0. The molecule has 0 saturated heterocycles. The van der Waals surface area contributed by atoms with E-state index in [4.69, 9.17) is 0 Å². The monoisotopic (exact) mass is 737 g/mol. The van der Waals surface area contributed by atoms with E-state index in [1.54, 1.807) is 10.6 Å². The Labute approximate surface area is 150 Å². The molecule has 0 fully saturated rings. The Kier molecular flexibility index (Phi) is 5.68. The summed E-state index contributed by atoms with van der Waals surface area (Å²) < 4.78 is 10.8. The summed E-state index contributed by atoms with van der Waals surface area (Å²) >= 11 is 12.1. The van der Waals surface area contributed by atoms with Crippen molar-refractivity contribution >= 4 is 122 Å². The number of hydrogen-bond donors (Lipinski definition) is 0. The molecule has 3 aliphatic rings. The van der Waals surface area contributed by atoms with E-state index in [2.05, 4.69) is 31.9 Å². The van der Waals surface area contributed by atoms with Crippen molar-refractivity contribution in [3.8, 4) is 0 Å². The first-order valence-electron chi connectivity index (χ1n) is 4.25. The first kappa shape index (κ1) is 14.2. The van der Waals surface area contributed by atoms with Crippen LogP contribution in [0.1, 0.15) is 0 Å². The molecule has 0 aliphatic carbocycles. The molecule has 0 bridgehead atoms. The third-order valence-corrected chi connectivity index (χ3v) is 31.4. The Morgan fingerprint density at radius 2 is 1.06 bits per heavy atom.